The zero-order valence-corrected chi connectivity index (χ0v) is 14.1. The fourth-order valence-corrected chi connectivity index (χ4v) is 1.76. The van der Waals surface area contributed by atoms with Crippen molar-refractivity contribution in [2.75, 3.05) is 20.3 Å². The van der Waals surface area contributed by atoms with Gasteiger partial charge in [0.05, 0.1) is 6.61 Å². The van der Waals surface area contributed by atoms with Crippen LogP contribution in [-0.2, 0) is 37.4 Å². The van der Waals surface area contributed by atoms with Gasteiger partial charge in [-0.25, -0.2) is 6.08 Å². The van der Waals surface area contributed by atoms with E-state index in [0.29, 0.717) is 13.2 Å². The minimum Gasteiger partial charge on any atom is -0.491 e. The molecule has 1 aliphatic heterocycles. The first-order chi connectivity index (χ1) is 8.79. The summed E-state index contributed by atoms with van der Waals surface area (Å²) in [6.45, 7) is 5.12. The molecule has 1 aliphatic rings. The van der Waals surface area contributed by atoms with Gasteiger partial charge in [-0.05, 0) is 18.6 Å². The first-order valence-electron chi connectivity index (χ1n) is 6.07. The standard InChI is InChI=1S/C15H18NO2.Y/c1-12-4-3-5-15(16-12)13-6-8-14(9-7-13)18-11-10-17-2;/h6-9,16H,1,3-4,10-11H2,2H3;/q-1;. The number of ether oxygens (including phenoxy) is 2. The van der Waals surface area contributed by atoms with Gasteiger partial charge in [0.15, 0.2) is 0 Å². The smallest absolute Gasteiger partial charge is 0.116 e. The van der Waals surface area contributed by atoms with Gasteiger partial charge in [0, 0.05) is 45.5 Å². The molecule has 0 atom stereocenters. The van der Waals surface area contributed by atoms with Crippen LogP contribution in [0.1, 0.15) is 18.4 Å². The summed E-state index contributed by atoms with van der Waals surface area (Å²) in [5.41, 5.74) is 3.16. The van der Waals surface area contributed by atoms with E-state index in [1.807, 2.05) is 24.3 Å². The largest absolute Gasteiger partial charge is 0.491 e. The Morgan fingerprint density at radius 3 is 2.63 bits per heavy atom. The predicted octanol–water partition coefficient (Wildman–Crippen LogP) is 2.75. The van der Waals surface area contributed by atoms with Gasteiger partial charge in [-0.15, -0.1) is 24.3 Å². The van der Waals surface area contributed by atoms with Gasteiger partial charge in [-0.1, -0.05) is 6.58 Å². The zero-order valence-electron chi connectivity index (χ0n) is 11.2. The fourth-order valence-electron chi connectivity index (χ4n) is 1.76. The maximum Gasteiger partial charge on any atom is 0.116 e. The summed E-state index contributed by atoms with van der Waals surface area (Å²) in [5.74, 6) is 0.853. The van der Waals surface area contributed by atoms with Crippen LogP contribution in [0.2, 0.25) is 0 Å². The summed E-state index contributed by atoms with van der Waals surface area (Å²) in [7, 11) is 1.66. The zero-order chi connectivity index (χ0) is 12.8. The molecule has 0 spiro atoms. The molecule has 1 heterocycles. The van der Waals surface area contributed by atoms with Crippen molar-refractivity contribution < 1.29 is 42.2 Å². The van der Waals surface area contributed by atoms with Crippen LogP contribution in [0.25, 0.3) is 5.70 Å². The van der Waals surface area contributed by atoms with Gasteiger partial charge in [0.2, 0.25) is 0 Å². The summed E-state index contributed by atoms with van der Waals surface area (Å²) < 4.78 is 10.5. The topological polar surface area (TPSA) is 30.5 Å². The Morgan fingerprint density at radius 1 is 1.26 bits per heavy atom. The van der Waals surface area contributed by atoms with E-state index in [0.717, 1.165) is 35.5 Å². The van der Waals surface area contributed by atoms with Gasteiger partial charge >= 0.3 is 0 Å². The SMILES string of the molecule is C=C1CC[C-]=C(c2ccc(OCCOC)cc2)N1.[Y]. The third-order valence-corrected chi connectivity index (χ3v) is 2.73. The van der Waals surface area contributed by atoms with Crippen LogP contribution in [0.3, 0.4) is 0 Å². The Balaban J connectivity index is 0.00000180. The Bertz CT molecular complexity index is 440. The van der Waals surface area contributed by atoms with Crippen molar-refractivity contribution in [3.8, 4) is 5.75 Å². The van der Waals surface area contributed by atoms with Crippen molar-refractivity contribution >= 4 is 5.70 Å². The first-order valence-corrected chi connectivity index (χ1v) is 6.07. The van der Waals surface area contributed by atoms with E-state index in [-0.39, 0.29) is 32.7 Å². The number of methoxy groups -OCH3 is 1. The number of allylic oxidation sites excluding steroid dienone is 2. The fraction of sp³-hybridized carbons (Fsp3) is 0.333. The Labute approximate surface area is 139 Å². The van der Waals surface area contributed by atoms with Crippen molar-refractivity contribution in [1.29, 1.82) is 0 Å². The quantitative estimate of drug-likeness (QED) is 0.664. The van der Waals surface area contributed by atoms with E-state index in [1.165, 1.54) is 0 Å². The monoisotopic (exact) mass is 333 g/mol. The molecule has 0 fully saturated rings. The summed E-state index contributed by atoms with van der Waals surface area (Å²) in [6.07, 6.45) is 5.21. The van der Waals surface area contributed by atoms with E-state index in [2.05, 4.69) is 18.0 Å². The second-order valence-corrected chi connectivity index (χ2v) is 4.15. The Hall–Kier alpha value is -0.636. The molecule has 3 nitrogen and oxygen atoms in total. The minimum atomic E-state index is 0. The van der Waals surface area contributed by atoms with E-state index in [9.17, 15) is 0 Å². The molecule has 0 unspecified atom stereocenters. The second kappa shape index (κ2) is 8.52. The Morgan fingerprint density at radius 2 is 2.00 bits per heavy atom. The summed E-state index contributed by atoms with van der Waals surface area (Å²) in [4.78, 5) is 0. The van der Waals surface area contributed by atoms with Crippen LogP contribution >= 0.6 is 0 Å². The average molecular weight is 333 g/mol. The maximum absolute atomic E-state index is 5.52. The van der Waals surface area contributed by atoms with Crippen molar-refractivity contribution in [2.45, 2.75) is 12.8 Å². The number of rotatable bonds is 5. The molecule has 0 amide bonds. The van der Waals surface area contributed by atoms with Gasteiger partial charge in [-0.2, -0.15) is 5.56 Å². The van der Waals surface area contributed by atoms with Crippen LogP contribution < -0.4 is 10.1 Å². The summed E-state index contributed by atoms with van der Waals surface area (Å²) in [5, 5.41) is 3.25. The van der Waals surface area contributed by atoms with Crippen LogP contribution in [0.5, 0.6) is 5.75 Å². The molecule has 99 valence electrons. The van der Waals surface area contributed by atoms with Crippen molar-refractivity contribution in [3.05, 3.63) is 48.2 Å². The molecule has 0 saturated carbocycles. The first kappa shape index (κ1) is 16.4. The molecule has 1 aromatic carbocycles. The van der Waals surface area contributed by atoms with Gasteiger partial charge < -0.3 is 14.8 Å². The molecular weight excluding hydrogens is 315 g/mol. The molecule has 0 aliphatic carbocycles. The third-order valence-electron chi connectivity index (χ3n) is 2.73. The molecule has 1 radical (unpaired) electrons. The van der Waals surface area contributed by atoms with Gasteiger partial charge in [0.1, 0.15) is 12.4 Å². The van der Waals surface area contributed by atoms with E-state index < -0.39 is 0 Å². The van der Waals surface area contributed by atoms with Crippen LogP contribution in [-0.4, -0.2) is 20.3 Å². The number of benzene rings is 1. The molecule has 2 rings (SSSR count). The maximum atomic E-state index is 5.52. The van der Waals surface area contributed by atoms with E-state index in [1.54, 1.807) is 7.11 Å². The van der Waals surface area contributed by atoms with E-state index >= 15 is 0 Å². The normalized spacial score (nSPS) is 14.2. The molecule has 0 saturated heterocycles. The van der Waals surface area contributed by atoms with E-state index in [4.69, 9.17) is 9.47 Å². The van der Waals surface area contributed by atoms with Crippen molar-refractivity contribution in [1.82, 2.24) is 5.32 Å². The van der Waals surface area contributed by atoms with Crippen LogP contribution in [0.4, 0.5) is 0 Å². The molecule has 0 aromatic heterocycles. The number of nitrogens with one attached hydrogen (secondary N) is 1. The van der Waals surface area contributed by atoms with Crippen molar-refractivity contribution in [3.63, 3.8) is 0 Å². The summed E-state index contributed by atoms with van der Waals surface area (Å²) >= 11 is 0. The van der Waals surface area contributed by atoms with Crippen LogP contribution in [0.15, 0.2) is 36.5 Å². The predicted molar refractivity (Wildman–Crippen MR) is 72.0 cm³/mol. The third kappa shape index (κ3) is 5.09. The number of hydrogen-bond acceptors (Lipinski definition) is 3. The molecule has 1 N–H and O–H groups in total. The molecule has 19 heavy (non-hydrogen) atoms. The second-order valence-electron chi connectivity index (χ2n) is 4.15. The average Bonchev–Trinajstić information content (AvgIpc) is 2.40. The molecular formula is C15H18NO2Y-. The summed E-state index contributed by atoms with van der Waals surface area (Å²) in [6, 6.07) is 7.96. The Kier molecular flexibility index (Phi) is 7.36. The van der Waals surface area contributed by atoms with Gasteiger partial charge in [0.25, 0.3) is 0 Å². The molecule has 4 heteroatoms. The van der Waals surface area contributed by atoms with Gasteiger partial charge in [-0.3, -0.25) is 0 Å². The molecule has 0 bridgehead atoms. The number of hydrogen-bond donors (Lipinski definition) is 1. The van der Waals surface area contributed by atoms with Crippen LogP contribution in [0, 0.1) is 6.08 Å². The molecule has 1 aromatic rings. The van der Waals surface area contributed by atoms with Crippen molar-refractivity contribution in [2.24, 2.45) is 0 Å². The minimum absolute atomic E-state index is 0.